The zero-order valence-corrected chi connectivity index (χ0v) is 14.1. The van der Waals surface area contributed by atoms with E-state index in [1.54, 1.807) is 0 Å². The Morgan fingerprint density at radius 2 is 1.82 bits per heavy atom. The van der Waals surface area contributed by atoms with Crippen LogP contribution in [0, 0.1) is 0 Å². The van der Waals surface area contributed by atoms with Gasteiger partial charge in [-0.1, -0.05) is 33.1 Å². The summed E-state index contributed by atoms with van der Waals surface area (Å²) in [7, 11) is 0. The first kappa shape index (κ1) is 15.9. The number of hydrogen-bond acceptors (Lipinski definition) is 5. The molecule has 0 radical (unpaired) electrons. The fraction of sp³-hybridized carbons (Fsp3) is 0.938. The van der Waals surface area contributed by atoms with Gasteiger partial charge in [0.05, 0.1) is 12.1 Å². The Morgan fingerprint density at radius 1 is 1.09 bits per heavy atom. The minimum Gasteiger partial charge on any atom is -0.301 e. The smallest absolute Gasteiger partial charge is 0.168 e. The van der Waals surface area contributed by atoms with Crippen molar-refractivity contribution >= 4 is 0 Å². The van der Waals surface area contributed by atoms with Crippen LogP contribution in [0.15, 0.2) is 0 Å². The molecule has 0 spiro atoms. The van der Waals surface area contributed by atoms with Gasteiger partial charge in [0.1, 0.15) is 0 Å². The molecule has 3 rings (SSSR count). The molecule has 1 aromatic rings. The van der Waals surface area contributed by atoms with E-state index >= 15 is 0 Å². The van der Waals surface area contributed by atoms with Crippen LogP contribution >= 0.6 is 0 Å². The Hall–Kier alpha value is -1.01. The Balaban J connectivity index is 1.75. The van der Waals surface area contributed by atoms with Crippen LogP contribution in [0.4, 0.5) is 0 Å². The molecule has 0 N–H and O–H groups in total. The fourth-order valence-corrected chi connectivity index (χ4v) is 3.97. The molecule has 1 saturated carbocycles. The summed E-state index contributed by atoms with van der Waals surface area (Å²) in [5, 5.41) is 12.8. The van der Waals surface area contributed by atoms with Gasteiger partial charge in [-0.05, 0) is 36.2 Å². The van der Waals surface area contributed by atoms with E-state index in [-0.39, 0.29) is 0 Å². The molecular weight excluding hydrogens is 276 g/mol. The van der Waals surface area contributed by atoms with E-state index in [0.29, 0.717) is 12.1 Å². The minimum atomic E-state index is 0.389. The highest BCUT2D eigenvalue weighted by atomic mass is 15.6. The van der Waals surface area contributed by atoms with Gasteiger partial charge in [-0.15, -0.1) is 5.10 Å². The van der Waals surface area contributed by atoms with Crippen LogP contribution in [0.3, 0.4) is 0 Å². The zero-order chi connectivity index (χ0) is 15.4. The van der Waals surface area contributed by atoms with Gasteiger partial charge in [0, 0.05) is 26.2 Å². The molecule has 0 aromatic carbocycles. The number of likely N-dealkylation sites (N-methyl/N-ethyl adjacent to an activating group) is 1. The first-order chi connectivity index (χ1) is 10.8. The Kier molecular flexibility index (Phi) is 5.41. The van der Waals surface area contributed by atoms with E-state index in [0.717, 1.165) is 31.9 Å². The lowest BCUT2D eigenvalue weighted by atomic mass is 10.1. The largest absolute Gasteiger partial charge is 0.301 e. The van der Waals surface area contributed by atoms with Gasteiger partial charge < -0.3 is 4.90 Å². The summed E-state index contributed by atoms with van der Waals surface area (Å²) in [6, 6.07) is 0.917. The quantitative estimate of drug-likeness (QED) is 0.807. The molecule has 2 aliphatic rings. The maximum Gasteiger partial charge on any atom is 0.168 e. The molecule has 1 aliphatic carbocycles. The highest BCUT2D eigenvalue weighted by Gasteiger charge is 2.30. The number of rotatable bonds is 6. The van der Waals surface area contributed by atoms with Crippen molar-refractivity contribution < 1.29 is 0 Å². The van der Waals surface area contributed by atoms with Gasteiger partial charge in [0.25, 0.3) is 0 Å². The first-order valence-electron chi connectivity index (χ1n) is 9.07. The van der Waals surface area contributed by atoms with Gasteiger partial charge in [-0.3, -0.25) is 4.90 Å². The van der Waals surface area contributed by atoms with Crippen molar-refractivity contribution in [3.8, 4) is 0 Å². The first-order valence-corrected chi connectivity index (χ1v) is 9.07. The number of piperazine rings is 1. The third-order valence-electron chi connectivity index (χ3n) is 5.34. The second kappa shape index (κ2) is 7.51. The maximum absolute atomic E-state index is 4.44. The van der Waals surface area contributed by atoms with E-state index in [2.05, 4.69) is 43.9 Å². The second-order valence-corrected chi connectivity index (χ2v) is 6.69. The second-order valence-electron chi connectivity index (χ2n) is 6.69. The van der Waals surface area contributed by atoms with E-state index in [4.69, 9.17) is 0 Å². The van der Waals surface area contributed by atoms with Crippen LogP contribution in [0.5, 0.6) is 0 Å². The standard InChI is InChI=1S/C16H30N6/c1-3-7-15(21-12-10-20(4-2)11-13-21)16-17-18-19-22(16)14-8-5-6-9-14/h14-15H,3-13H2,1-2H3/t15-/m1/s1. The van der Waals surface area contributed by atoms with Crippen molar-refractivity contribution in [3.05, 3.63) is 5.82 Å². The summed E-state index contributed by atoms with van der Waals surface area (Å²) in [6.45, 7) is 10.3. The monoisotopic (exact) mass is 306 g/mol. The van der Waals surface area contributed by atoms with Gasteiger partial charge in [-0.25, -0.2) is 4.68 Å². The van der Waals surface area contributed by atoms with Crippen LogP contribution < -0.4 is 0 Å². The molecule has 6 heteroatoms. The van der Waals surface area contributed by atoms with Gasteiger partial charge >= 0.3 is 0 Å². The lowest BCUT2D eigenvalue weighted by molar-refractivity contribution is 0.0878. The molecule has 22 heavy (non-hydrogen) atoms. The Labute approximate surface area is 133 Å². The van der Waals surface area contributed by atoms with Crippen LogP contribution in [0.1, 0.15) is 70.3 Å². The molecule has 2 fully saturated rings. The molecule has 1 atom stereocenters. The average Bonchev–Trinajstić information content (AvgIpc) is 3.23. The summed E-state index contributed by atoms with van der Waals surface area (Å²) < 4.78 is 2.15. The summed E-state index contributed by atoms with van der Waals surface area (Å²) in [5.74, 6) is 1.11. The van der Waals surface area contributed by atoms with Crippen molar-refractivity contribution in [2.75, 3.05) is 32.7 Å². The number of hydrogen-bond donors (Lipinski definition) is 0. The predicted octanol–water partition coefficient (Wildman–Crippen LogP) is 2.27. The average molecular weight is 306 g/mol. The molecule has 0 bridgehead atoms. The summed E-state index contributed by atoms with van der Waals surface area (Å²) in [5.41, 5.74) is 0. The summed E-state index contributed by atoms with van der Waals surface area (Å²) >= 11 is 0. The van der Waals surface area contributed by atoms with Crippen molar-refractivity contribution in [2.24, 2.45) is 0 Å². The molecule has 0 unspecified atom stereocenters. The molecule has 6 nitrogen and oxygen atoms in total. The van der Waals surface area contributed by atoms with Crippen LogP contribution in [0.25, 0.3) is 0 Å². The molecule has 1 aromatic heterocycles. The Morgan fingerprint density at radius 3 is 2.45 bits per heavy atom. The molecule has 0 amide bonds. The molecule has 124 valence electrons. The number of tetrazole rings is 1. The van der Waals surface area contributed by atoms with Crippen molar-refractivity contribution in [1.29, 1.82) is 0 Å². The molecular formula is C16H30N6. The predicted molar refractivity (Wildman–Crippen MR) is 86.7 cm³/mol. The van der Waals surface area contributed by atoms with Crippen LogP contribution in [-0.2, 0) is 0 Å². The third kappa shape index (κ3) is 3.33. The van der Waals surface area contributed by atoms with Crippen molar-refractivity contribution in [1.82, 2.24) is 30.0 Å². The lowest BCUT2D eigenvalue weighted by Crippen LogP contribution is -2.47. The number of aromatic nitrogens is 4. The van der Waals surface area contributed by atoms with E-state index in [9.17, 15) is 0 Å². The summed E-state index contributed by atoms with van der Waals surface area (Å²) in [4.78, 5) is 5.13. The van der Waals surface area contributed by atoms with E-state index in [1.807, 2.05) is 0 Å². The third-order valence-corrected chi connectivity index (χ3v) is 5.34. The van der Waals surface area contributed by atoms with Crippen molar-refractivity contribution in [2.45, 2.75) is 64.5 Å². The fourth-order valence-electron chi connectivity index (χ4n) is 3.97. The molecule has 1 saturated heterocycles. The highest BCUT2D eigenvalue weighted by molar-refractivity contribution is 4.97. The van der Waals surface area contributed by atoms with Crippen LogP contribution in [0.2, 0.25) is 0 Å². The van der Waals surface area contributed by atoms with E-state index < -0.39 is 0 Å². The van der Waals surface area contributed by atoms with Gasteiger partial charge in [0.15, 0.2) is 5.82 Å². The van der Waals surface area contributed by atoms with Gasteiger partial charge in [0.2, 0.25) is 0 Å². The Bertz CT molecular complexity index is 445. The van der Waals surface area contributed by atoms with Crippen LogP contribution in [-0.4, -0.2) is 62.7 Å². The normalized spacial score (nSPS) is 23.2. The van der Waals surface area contributed by atoms with E-state index in [1.165, 1.54) is 45.2 Å². The minimum absolute atomic E-state index is 0.389. The summed E-state index contributed by atoms with van der Waals surface area (Å²) in [6.07, 6.45) is 7.44. The maximum atomic E-state index is 4.44. The van der Waals surface area contributed by atoms with Gasteiger partial charge in [-0.2, -0.15) is 0 Å². The highest BCUT2D eigenvalue weighted by Crippen LogP contribution is 2.33. The lowest BCUT2D eigenvalue weighted by Gasteiger charge is -2.38. The zero-order valence-electron chi connectivity index (χ0n) is 14.1. The number of nitrogens with zero attached hydrogens (tertiary/aromatic N) is 6. The topological polar surface area (TPSA) is 50.1 Å². The SMILES string of the molecule is CCC[C@H](c1nnnn1C1CCCC1)N1CCN(CC)CC1. The molecule has 2 heterocycles. The van der Waals surface area contributed by atoms with Crippen molar-refractivity contribution in [3.63, 3.8) is 0 Å². The molecule has 1 aliphatic heterocycles.